The number of hydrogen-bond acceptors (Lipinski definition) is 3. The van der Waals surface area contributed by atoms with Crippen LogP contribution in [0.2, 0.25) is 0 Å². The predicted octanol–water partition coefficient (Wildman–Crippen LogP) is 1.90. The van der Waals surface area contributed by atoms with E-state index >= 15 is 0 Å². The number of hydrogen-bond donors (Lipinski definition) is 2. The van der Waals surface area contributed by atoms with Crippen molar-refractivity contribution in [2.24, 2.45) is 5.73 Å². The zero-order chi connectivity index (χ0) is 13.1. The first-order valence-corrected chi connectivity index (χ1v) is 6.07. The summed E-state index contributed by atoms with van der Waals surface area (Å²) in [7, 11) is 0. The van der Waals surface area contributed by atoms with Gasteiger partial charge in [-0.05, 0) is 38.0 Å². The summed E-state index contributed by atoms with van der Waals surface area (Å²) in [6.07, 6.45) is 2.16. The zero-order valence-electron chi connectivity index (χ0n) is 10.3. The molecule has 1 saturated carbocycles. The van der Waals surface area contributed by atoms with E-state index in [1.165, 1.54) is 12.1 Å². The van der Waals surface area contributed by atoms with E-state index in [4.69, 9.17) is 10.5 Å². The van der Waals surface area contributed by atoms with Crippen LogP contribution in [0.5, 0.6) is 0 Å². The van der Waals surface area contributed by atoms with Crippen LogP contribution in [0.25, 0.3) is 0 Å². The molecule has 1 fully saturated rings. The molecule has 0 radical (unpaired) electrons. The molecule has 0 heterocycles. The van der Waals surface area contributed by atoms with Gasteiger partial charge in [-0.1, -0.05) is 0 Å². The number of anilines is 1. The van der Waals surface area contributed by atoms with Crippen LogP contribution in [0, 0.1) is 5.82 Å². The minimum Gasteiger partial charge on any atom is -0.382 e. The van der Waals surface area contributed by atoms with E-state index < -0.39 is 11.7 Å². The second kappa shape index (κ2) is 5.35. The minimum absolute atomic E-state index is 0.0827. The number of carbonyl (C=O) groups excluding carboxylic acids is 1. The Morgan fingerprint density at radius 3 is 2.89 bits per heavy atom. The lowest BCUT2D eigenvalue weighted by molar-refractivity contribution is 0.00299. The van der Waals surface area contributed by atoms with Crippen LogP contribution in [0.15, 0.2) is 18.2 Å². The molecule has 1 amide bonds. The molecule has 0 atom stereocenters. The number of ether oxygens (including phenoxy) is 1. The summed E-state index contributed by atoms with van der Waals surface area (Å²) in [5.41, 5.74) is 5.73. The van der Waals surface area contributed by atoms with E-state index in [1.807, 2.05) is 6.92 Å². The lowest BCUT2D eigenvalue weighted by Crippen LogP contribution is -2.40. The highest BCUT2D eigenvalue weighted by Crippen LogP contribution is 2.27. The van der Waals surface area contributed by atoms with Gasteiger partial charge in [0.1, 0.15) is 5.82 Å². The first-order chi connectivity index (χ1) is 8.60. The maximum absolute atomic E-state index is 13.3. The van der Waals surface area contributed by atoms with Gasteiger partial charge in [0.2, 0.25) is 0 Å². The smallest absolute Gasteiger partial charge is 0.251 e. The fourth-order valence-electron chi connectivity index (χ4n) is 2.09. The fourth-order valence-corrected chi connectivity index (χ4v) is 2.09. The number of halogens is 1. The predicted molar refractivity (Wildman–Crippen MR) is 67.0 cm³/mol. The summed E-state index contributed by atoms with van der Waals surface area (Å²) in [5, 5.41) is 3.23. The lowest BCUT2D eigenvalue weighted by Gasteiger charge is -2.36. The number of amides is 1. The van der Waals surface area contributed by atoms with Gasteiger partial charge in [0, 0.05) is 18.3 Å². The number of benzene rings is 1. The third-order valence-corrected chi connectivity index (χ3v) is 3.10. The minimum atomic E-state index is -0.753. The van der Waals surface area contributed by atoms with Crippen molar-refractivity contribution in [3.05, 3.63) is 29.6 Å². The van der Waals surface area contributed by atoms with Crippen LogP contribution in [-0.2, 0) is 4.74 Å². The molecule has 0 spiro atoms. The number of nitrogens with two attached hydrogens (primary N) is 1. The van der Waals surface area contributed by atoms with E-state index in [0.29, 0.717) is 17.8 Å². The van der Waals surface area contributed by atoms with Gasteiger partial charge in [-0.3, -0.25) is 4.79 Å². The van der Waals surface area contributed by atoms with Crippen molar-refractivity contribution in [3.63, 3.8) is 0 Å². The van der Waals surface area contributed by atoms with Crippen molar-refractivity contribution in [2.45, 2.75) is 31.9 Å². The van der Waals surface area contributed by atoms with Gasteiger partial charge in [0.25, 0.3) is 5.91 Å². The van der Waals surface area contributed by atoms with Crippen molar-refractivity contribution >= 4 is 11.6 Å². The standard InChI is InChI=1S/C13H17FN2O2/c1-2-18-10-5-9(6-10)16-8-3-4-12(14)11(7-8)13(15)17/h3-4,7,9-10,16H,2,5-6H2,1H3,(H2,15,17). The molecule has 5 heteroatoms. The van der Waals surface area contributed by atoms with Crippen LogP contribution < -0.4 is 11.1 Å². The van der Waals surface area contributed by atoms with E-state index in [2.05, 4.69) is 5.32 Å². The van der Waals surface area contributed by atoms with E-state index in [9.17, 15) is 9.18 Å². The molecule has 0 saturated heterocycles. The van der Waals surface area contributed by atoms with Crippen molar-refractivity contribution < 1.29 is 13.9 Å². The van der Waals surface area contributed by atoms with Crippen molar-refractivity contribution in [3.8, 4) is 0 Å². The van der Waals surface area contributed by atoms with E-state index in [-0.39, 0.29) is 5.56 Å². The largest absolute Gasteiger partial charge is 0.382 e. The number of nitrogens with one attached hydrogen (secondary N) is 1. The van der Waals surface area contributed by atoms with Gasteiger partial charge < -0.3 is 15.8 Å². The maximum Gasteiger partial charge on any atom is 0.251 e. The Morgan fingerprint density at radius 1 is 1.56 bits per heavy atom. The summed E-state index contributed by atoms with van der Waals surface area (Å²) in [6.45, 7) is 2.69. The van der Waals surface area contributed by atoms with Gasteiger partial charge in [-0.15, -0.1) is 0 Å². The molecule has 0 aliphatic heterocycles. The van der Waals surface area contributed by atoms with Crippen molar-refractivity contribution in [1.29, 1.82) is 0 Å². The van der Waals surface area contributed by atoms with E-state index in [0.717, 1.165) is 19.4 Å². The average Bonchev–Trinajstić information content (AvgIpc) is 2.28. The Labute approximate surface area is 105 Å². The molecule has 3 N–H and O–H groups in total. The molecular formula is C13H17FN2O2. The average molecular weight is 252 g/mol. The van der Waals surface area contributed by atoms with Crippen LogP contribution in [-0.4, -0.2) is 24.7 Å². The molecule has 4 nitrogen and oxygen atoms in total. The highest BCUT2D eigenvalue weighted by molar-refractivity contribution is 5.94. The molecule has 0 bridgehead atoms. The summed E-state index contributed by atoms with van der Waals surface area (Å²) in [5.74, 6) is -1.34. The molecule has 1 aliphatic carbocycles. The Kier molecular flexibility index (Phi) is 3.81. The number of carbonyl (C=O) groups is 1. The molecule has 1 aliphatic rings. The molecule has 0 unspecified atom stereocenters. The summed E-state index contributed by atoms with van der Waals surface area (Å²) < 4.78 is 18.7. The van der Waals surface area contributed by atoms with Gasteiger partial charge in [0.15, 0.2) is 0 Å². The van der Waals surface area contributed by atoms with Gasteiger partial charge in [0.05, 0.1) is 11.7 Å². The van der Waals surface area contributed by atoms with E-state index in [1.54, 1.807) is 6.07 Å². The summed E-state index contributed by atoms with van der Waals surface area (Å²) in [4.78, 5) is 11.0. The molecule has 0 aromatic heterocycles. The number of rotatable bonds is 5. The Balaban J connectivity index is 1.95. The summed E-state index contributed by atoms with van der Waals surface area (Å²) >= 11 is 0. The monoisotopic (exact) mass is 252 g/mol. The lowest BCUT2D eigenvalue weighted by atomic mass is 9.89. The quantitative estimate of drug-likeness (QED) is 0.841. The maximum atomic E-state index is 13.3. The third-order valence-electron chi connectivity index (χ3n) is 3.10. The third kappa shape index (κ3) is 2.79. The van der Waals surface area contributed by atoms with Crippen LogP contribution in [0.4, 0.5) is 10.1 Å². The van der Waals surface area contributed by atoms with Crippen LogP contribution in [0.3, 0.4) is 0 Å². The molecule has 1 aromatic rings. The van der Waals surface area contributed by atoms with Crippen molar-refractivity contribution in [1.82, 2.24) is 0 Å². The van der Waals surface area contributed by atoms with Crippen molar-refractivity contribution in [2.75, 3.05) is 11.9 Å². The first kappa shape index (κ1) is 12.8. The van der Waals surface area contributed by atoms with Crippen LogP contribution >= 0.6 is 0 Å². The second-order valence-electron chi connectivity index (χ2n) is 4.45. The summed E-state index contributed by atoms with van der Waals surface area (Å²) in [6, 6.07) is 4.62. The molecular weight excluding hydrogens is 235 g/mol. The normalized spacial score (nSPS) is 22.3. The molecule has 2 rings (SSSR count). The Morgan fingerprint density at radius 2 is 2.28 bits per heavy atom. The zero-order valence-corrected chi connectivity index (χ0v) is 10.3. The first-order valence-electron chi connectivity index (χ1n) is 6.07. The van der Waals surface area contributed by atoms with Gasteiger partial charge in [-0.25, -0.2) is 4.39 Å². The highest BCUT2D eigenvalue weighted by Gasteiger charge is 2.29. The topological polar surface area (TPSA) is 64.3 Å². The SMILES string of the molecule is CCOC1CC(Nc2ccc(F)c(C(N)=O)c2)C1. The Hall–Kier alpha value is -1.62. The second-order valence-corrected chi connectivity index (χ2v) is 4.45. The highest BCUT2D eigenvalue weighted by atomic mass is 19.1. The van der Waals surface area contributed by atoms with Gasteiger partial charge >= 0.3 is 0 Å². The fraction of sp³-hybridized carbons (Fsp3) is 0.462. The molecule has 18 heavy (non-hydrogen) atoms. The number of primary amides is 1. The van der Waals surface area contributed by atoms with Gasteiger partial charge in [-0.2, -0.15) is 0 Å². The molecule has 1 aromatic carbocycles. The molecule has 98 valence electrons. The Bertz CT molecular complexity index is 445. The van der Waals surface area contributed by atoms with Crippen LogP contribution in [0.1, 0.15) is 30.1 Å².